The molecule has 0 saturated heterocycles. The van der Waals surface area contributed by atoms with Gasteiger partial charge in [0.2, 0.25) is 0 Å². The Morgan fingerprint density at radius 3 is 2.64 bits per heavy atom. The van der Waals surface area contributed by atoms with Gasteiger partial charge in [0.15, 0.2) is 0 Å². The molecule has 0 heterocycles. The zero-order valence-corrected chi connectivity index (χ0v) is 13.6. The Morgan fingerprint density at radius 2 is 2.00 bits per heavy atom. The summed E-state index contributed by atoms with van der Waals surface area (Å²) in [6.07, 6.45) is 4.86. The van der Waals surface area contributed by atoms with Gasteiger partial charge in [-0.25, -0.2) is 0 Å². The fourth-order valence-corrected chi connectivity index (χ4v) is 2.57. The van der Waals surface area contributed by atoms with Crippen LogP contribution in [0, 0.1) is 11.8 Å². The number of nitrogens with one attached hydrogen (secondary N) is 1. The van der Waals surface area contributed by atoms with Crippen molar-refractivity contribution < 1.29 is 14.4 Å². The predicted molar refractivity (Wildman–Crippen MR) is 86.9 cm³/mol. The Hall–Kier alpha value is -1.68. The van der Waals surface area contributed by atoms with E-state index in [1.807, 2.05) is 30.3 Å². The number of carbonyl (C=O) groups excluding carboxylic acids is 2. The summed E-state index contributed by atoms with van der Waals surface area (Å²) in [6, 6.07) is 9.80. The summed E-state index contributed by atoms with van der Waals surface area (Å²) in [5.41, 5.74) is 3.81. The molecule has 1 rings (SSSR count). The highest BCUT2D eigenvalue weighted by Gasteiger charge is 2.25. The van der Waals surface area contributed by atoms with E-state index in [9.17, 15) is 9.59 Å². The van der Waals surface area contributed by atoms with Crippen LogP contribution in [0.4, 0.5) is 0 Å². The third-order valence-corrected chi connectivity index (χ3v) is 3.86. The Morgan fingerprint density at radius 1 is 1.27 bits per heavy atom. The van der Waals surface area contributed by atoms with Crippen LogP contribution in [-0.4, -0.2) is 12.3 Å². The first-order valence-corrected chi connectivity index (χ1v) is 8.10. The van der Waals surface area contributed by atoms with E-state index in [2.05, 4.69) is 19.3 Å². The molecule has 2 unspecified atom stereocenters. The molecule has 4 heteroatoms. The number of benzene rings is 1. The van der Waals surface area contributed by atoms with E-state index >= 15 is 0 Å². The van der Waals surface area contributed by atoms with Crippen LogP contribution in [0.25, 0.3) is 0 Å². The highest BCUT2D eigenvalue weighted by molar-refractivity contribution is 5.72. The van der Waals surface area contributed by atoms with Crippen LogP contribution >= 0.6 is 0 Å². The first-order valence-electron chi connectivity index (χ1n) is 8.10. The number of unbranched alkanes of at least 4 members (excludes halogenated alkanes) is 1. The highest BCUT2D eigenvalue weighted by atomic mass is 16.7. The van der Waals surface area contributed by atoms with E-state index in [1.165, 1.54) is 0 Å². The molecule has 0 spiro atoms. The second-order valence-electron chi connectivity index (χ2n) is 5.70. The van der Waals surface area contributed by atoms with Crippen LogP contribution in [0.1, 0.15) is 51.5 Å². The topological polar surface area (TPSA) is 55.4 Å². The number of hydrogen-bond acceptors (Lipinski definition) is 4. The summed E-state index contributed by atoms with van der Waals surface area (Å²) >= 11 is 0. The average Bonchev–Trinajstić information content (AvgIpc) is 2.52. The molecule has 0 saturated carbocycles. The van der Waals surface area contributed by atoms with Gasteiger partial charge in [0.25, 0.3) is 0 Å². The quantitative estimate of drug-likeness (QED) is 0.385. The van der Waals surface area contributed by atoms with E-state index in [0.29, 0.717) is 19.4 Å². The fourth-order valence-electron chi connectivity index (χ4n) is 2.57. The van der Waals surface area contributed by atoms with Gasteiger partial charge in [0, 0.05) is 6.42 Å². The number of carbonyl (C=O) groups is 2. The third-order valence-electron chi connectivity index (χ3n) is 3.86. The van der Waals surface area contributed by atoms with Crippen molar-refractivity contribution in [3.8, 4) is 0 Å². The molecule has 1 aromatic carbocycles. The summed E-state index contributed by atoms with van der Waals surface area (Å²) in [5, 5.41) is 0. The highest BCUT2D eigenvalue weighted by Crippen LogP contribution is 2.23. The van der Waals surface area contributed by atoms with Crippen molar-refractivity contribution in [2.45, 2.75) is 52.5 Å². The average molecular weight is 305 g/mol. The Balaban J connectivity index is 2.45. The lowest BCUT2D eigenvalue weighted by Crippen LogP contribution is -2.29. The van der Waals surface area contributed by atoms with Crippen molar-refractivity contribution in [1.29, 1.82) is 0 Å². The van der Waals surface area contributed by atoms with Crippen molar-refractivity contribution in [3.05, 3.63) is 35.9 Å². The van der Waals surface area contributed by atoms with Gasteiger partial charge in [-0.15, -0.1) is 5.48 Å². The van der Waals surface area contributed by atoms with Gasteiger partial charge in [0.05, 0.1) is 12.5 Å². The van der Waals surface area contributed by atoms with Crippen LogP contribution in [0.5, 0.6) is 0 Å². The molecule has 0 fully saturated rings. The number of hydroxylamine groups is 1. The molecule has 0 amide bonds. The maximum Gasteiger partial charge on any atom is 0.328 e. The Bertz CT molecular complexity index is 433. The molecule has 0 radical (unpaired) electrons. The second-order valence-corrected chi connectivity index (χ2v) is 5.70. The van der Waals surface area contributed by atoms with E-state index in [4.69, 9.17) is 4.84 Å². The zero-order chi connectivity index (χ0) is 16.2. The minimum absolute atomic E-state index is 0.150. The molecule has 2 atom stereocenters. The predicted octanol–water partition coefficient (Wildman–Crippen LogP) is 3.66. The molecule has 1 N–H and O–H groups in total. The summed E-state index contributed by atoms with van der Waals surface area (Å²) in [4.78, 5) is 28.0. The SMILES string of the molecule is CCCC(C)C(CCCC=O)C(=O)ONCc1ccccc1. The summed E-state index contributed by atoms with van der Waals surface area (Å²) in [7, 11) is 0. The van der Waals surface area contributed by atoms with Gasteiger partial charge in [-0.1, -0.05) is 57.0 Å². The molecule has 22 heavy (non-hydrogen) atoms. The monoisotopic (exact) mass is 305 g/mol. The lowest BCUT2D eigenvalue weighted by atomic mass is 9.86. The molecule has 0 aliphatic heterocycles. The van der Waals surface area contributed by atoms with Crippen molar-refractivity contribution in [2.75, 3.05) is 0 Å². The maximum absolute atomic E-state index is 12.3. The van der Waals surface area contributed by atoms with Gasteiger partial charge >= 0.3 is 5.97 Å². The molecule has 0 aliphatic rings. The van der Waals surface area contributed by atoms with Gasteiger partial charge in [0.1, 0.15) is 6.29 Å². The number of hydrogen-bond donors (Lipinski definition) is 1. The molecule has 0 bridgehead atoms. The van der Waals surface area contributed by atoms with Crippen molar-refractivity contribution >= 4 is 12.3 Å². The van der Waals surface area contributed by atoms with Crippen LogP contribution in [0.15, 0.2) is 30.3 Å². The van der Waals surface area contributed by atoms with E-state index in [1.54, 1.807) is 0 Å². The summed E-state index contributed by atoms with van der Waals surface area (Å²) < 4.78 is 0. The first kappa shape index (κ1) is 18.4. The van der Waals surface area contributed by atoms with Crippen LogP contribution in [0.2, 0.25) is 0 Å². The lowest BCUT2D eigenvalue weighted by Gasteiger charge is -2.21. The van der Waals surface area contributed by atoms with Gasteiger partial charge in [-0.3, -0.25) is 4.79 Å². The minimum Gasteiger partial charge on any atom is -0.370 e. The molecular formula is C18H27NO3. The Labute approximate surface area is 133 Å². The normalized spacial score (nSPS) is 13.4. The van der Waals surface area contributed by atoms with Gasteiger partial charge in [-0.2, -0.15) is 0 Å². The largest absolute Gasteiger partial charge is 0.370 e. The van der Waals surface area contributed by atoms with Crippen molar-refractivity contribution in [1.82, 2.24) is 5.48 Å². The Kier molecular flexibility index (Phi) is 9.15. The van der Waals surface area contributed by atoms with Gasteiger partial charge < -0.3 is 9.63 Å². The van der Waals surface area contributed by atoms with E-state index in [-0.39, 0.29) is 17.8 Å². The van der Waals surface area contributed by atoms with E-state index < -0.39 is 0 Å². The molecule has 1 aromatic rings. The van der Waals surface area contributed by atoms with Crippen molar-refractivity contribution in [2.24, 2.45) is 11.8 Å². The standard InChI is InChI=1S/C18H27NO3/c1-3-9-15(2)17(12-7-8-13-20)18(21)22-19-14-16-10-5-4-6-11-16/h4-6,10-11,13,15,17,19H,3,7-9,12,14H2,1-2H3. The second kappa shape index (κ2) is 11.0. The van der Waals surface area contributed by atoms with E-state index in [0.717, 1.165) is 31.1 Å². The minimum atomic E-state index is -0.220. The van der Waals surface area contributed by atoms with Crippen LogP contribution in [0.3, 0.4) is 0 Å². The van der Waals surface area contributed by atoms with Crippen LogP contribution < -0.4 is 5.48 Å². The number of rotatable bonds is 11. The molecule has 4 nitrogen and oxygen atoms in total. The fraction of sp³-hybridized carbons (Fsp3) is 0.556. The van der Waals surface area contributed by atoms with Crippen molar-refractivity contribution in [3.63, 3.8) is 0 Å². The summed E-state index contributed by atoms with van der Waals surface area (Å²) in [6.45, 7) is 4.68. The molecule has 122 valence electrons. The first-order chi connectivity index (χ1) is 10.7. The van der Waals surface area contributed by atoms with Crippen LogP contribution in [-0.2, 0) is 21.0 Å². The zero-order valence-electron chi connectivity index (χ0n) is 13.6. The molecule has 0 aliphatic carbocycles. The summed E-state index contributed by atoms with van der Waals surface area (Å²) in [5.74, 6) is -0.103. The maximum atomic E-state index is 12.3. The smallest absolute Gasteiger partial charge is 0.328 e. The number of aldehydes is 1. The third kappa shape index (κ3) is 6.85. The molecular weight excluding hydrogens is 278 g/mol. The lowest BCUT2D eigenvalue weighted by molar-refractivity contribution is -0.159. The van der Waals surface area contributed by atoms with Gasteiger partial charge in [-0.05, 0) is 24.3 Å². The molecule has 0 aromatic heterocycles.